The van der Waals surface area contributed by atoms with Crippen molar-refractivity contribution in [3.8, 4) is 5.69 Å². The lowest BCUT2D eigenvalue weighted by atomic mass is 10.2. The molecule has 0 amide bonds. The van der Waals surface area contributed by atoms with Crippen LogP contribution < -0.4 is 10.4 Å². The molecule has 8 nitrogen and oxygen atoms in total. The van der Waals surface area contributed by atoms with Crippen molar-refractivity contribution in [1.29, 1.82) is 0 Å². The fourth-order valence-corrected chi connectivity index (χ4v) is 5.19. The summed E-state index contributed by atoms with van der Waals surface area (Å²) in [4.78, 5) is 7.35. The molecule has 2 aromatic heterocycles. The average molecular weight is 481 g/mol. The highest BCUT2D eigenvalue weighted by atomic mass is 32.2. The second-order valence-corrected chi connectivity index (χ2v) is 9.79. The molecule has 0 saturated carbocycles. The van der Waals surface area contributed by atoms with Gasteiger partial charge in [0.1, 0.15) is 0 Å². The number of hydrogen-bond acceptors (Lipinski definition) is 6. The Morgan fingerprint density at radius 1 is 0.829 bits per heavy atom. The van der Waals surface area contributed by atoms with E-state index < -0.39 is 9.84 Å². The van der Waals surface area contributed by atoms with Gasteiger partial charge < -0.3 is 4.98 Å². The molecule has 0 spiro atoms. The van der Waals surface area contributed by atoms with Crippen LogP contribution in [0, 0.1) is 0 Å². The minimum Gasteiger partial charge on any atom is -0.328 e. The van der Waals surface area contributed by atoms with Crippen molar-refractivity contribution in [2.45, 2.75) is 10.1 Å². The van der Waals surface area contributed by atoms with E-state index in [-0.39, 0.29) is 10.1 Å². The smallest absolute Gasteiger partial charge is 0.239 e. The molecule has 5 aromatic rings. The maximum atomic E-state index is 13.3. The maximum Gasteiger partial charge on any atom is 0.239 e. The van der Waals surface area contributed by atoms with Gasteiger partial charge in [-0.1, -0.05) is 36.4 Å². The summed E-state index contributed by atoms with van der Waals surface area (Å²) >= 11 is 0. The molecule has 1 aliphatic rings. The number of para-hydroxylation sites is 3. The van der Waals surface area contributed by atoms with E-state index in [9.17, 15) is 8.42 Å². The van der Waals surface area contributed by atoms with Gasteiger partial charge >= 0.3 is 0 Å². The molecule has 3 aromatic carbocycles. The number of H-pyrrole nitrogens is 1. The fraction of sp³-hybridized carbons (Fsp3) is 0. The first-order valence-electron chi connectivity index (χ1n) is 10.9. The van der Waals surface area contributed by atoms with Crippen LogP contribution in [0.2, 0.25) is 0 Å². The quantitative estimate of drug-likeness (QED) is 0.386. The zero-order valence-corrected chi connectivity index (χ0v) is 19.2. The predicted octanol–water partition coefficient (Wildman–Crippen LogP) is 4.46. The summed E-state index contributed by atoms with van der Waals surface area (Å²) in [6, 6.07) is 25.8. The molecule has 9 heteroatoms. The molecule has 2 N–H and O–H groups in total. The molecule has 0 bridgehead atoms. The van der Waals surface area contributed by atoms with Crippen LogP contribution in [0.4, 0.5) is 5.69 Å². The van der Waals surface area contributed by atoms with Crippen LogP contribution in [0.15, 0.2) is 120 Å². The lowest BCUT2D eigenvalue weighted by Gasteiger charge is -2.27. The third kappa shape index (κ3) is 3.77. The van der Waals surface area contributed by atoms with Gasteiger partial charge in [0.05, 0.1) is 44.9 Å². The van der Waals surface area contributed by atoms with E-state index in [0.717, 1.165) is 17.1 Å². The average Bonchev–Trinajstić information content (AvgIpc) is 3.57. The number of imidazole rings is 1. The van der Waals surface area contributed by atoms with E-state index >= 15 is 0 Å². The third-order valence-electron chi connectivity index (χ3n) is 5.69. The molecule has 0 unspecified atom stereocenters. The van der Waals surface area contributed by atoms with Gasteiger partial charge in [-0.05, 0) is 60.7 Å². The summed E-state index contributed by atoms with van der Waals surface area (Å²) in [5.74, 6) is 0. The van der Waals surface area contributed by atoms with Gasteiger partial charge in [-0.25, -0.2) is 18.1 Å². The molecule has 3 heterocycles. The molecule has 35 heavy (non-hydrogen) atoms. The maximum absolute atomic E-state index is 13.3. The molecule has 6 rings (SSSR count). The summed E-state index contributed by atoms with van der Waals surface area (Å²) in [6.45, 7) is 0. The Balaban J connectivity index is 1.30. The van der Waals surface area contributed by atoms with E-state index in [0.29, 0.717) is 16.7 Å². The number of aromatic amines is 1. The summed E-state index contributed by atoms with van der Waals surface area (Å²) in [5.41, 5.74) is 7.92. The van der Waals surface area contributed by atoms with E-state index in [1.165, 1.54) is 0 Å². The van der Waals surface area contributed by atoms with E-state index in [4.69, 9.17) is 0 Å². The first kappa shape index (κ1) is 20.9. The minimum absolute atomic E-state index is 0.0784. The Morgan fingerprint density at radius 3 is 2.49 bits per heavy atom. The van der Waals surface area contributed by atoms with Crippen LogP contribution in [0.1, 0.15) is 5.69 Å². The number of anilines is 1. The summed E-state index contributed by atoms with van der Waals surface area (Å²) in [5, 5.41) is 6.16. The number of fused-ring (bicyclic) bond motifs is 1. The van der Waals surface area contributed by atoms with Gasteiger partial charge in [0, 0.05) is 6.20 Å². The van der Waals surface area contributed by atoms with Crippen LogP contribution in [-0.2, 0) is 9.84 Å². The predicted molar refractivity (Wildman–Crippen MR) is 134 cm³/mol. The molecule has 0 atom stereocenters. The van der Waals surface area contributed by atoms with E-state index in [2.05, 4.69) is 20.5 Å². The van der Waals surface area contributed by atoms with Crippen molar-refractivity contribution in [1.82, 2.24) is 25.2 Å². The molecule has 0 fully saturated rings. The van der Waals surface area contributed by atoms with Crippen LogP contribution in [-0.4, -0.2) is 28.2 Å². The lowest BCUT2D eigenvalue weighted by Crippen LogP contribution is -2.34. The largest absolute Gasteiger partial charge is 0.328 e. The second kappa shape index (κ2) is 8.30. The first-order valence-corrected chi connectivity index (χ1v) is 12.4. The number of sulfone groups is 1. The van der Waals surface area contributed by atoms with Crippen LogP contribution in [0.25, 0.3) is 22.4 Å². The van der Waals surface area contributed by atoms with Gasteiger partial charge in [-0.2, -0.15) is 5.10 Å². The zero-order chi connectivity index (χ0) is 23.8. The van der Waals surface area contributed by atoms with E-state index in [1.807, 2.05) is 77.6 Å². The van der Waals surface area contributed by atoms with Crippen molar-refractivity contribution in [2.24, 2.45) is 0 Å². The minimum atomic E-state index is -3.84. The number of aromatic nitrogens is 4. The molecule has 0 aliphatic carbocycles. The van der Waals surface area contributed by atoms with Gasteiger partial charge in [-0.15, -0.1) is 0 Å². The Kier molecular flexibility index (Phi) is 4.97. The van der Waals surface area contributed by atoms with Crippen molar-refractivity contribution >= 4 is 32.3 Å². The number of hydrazine groups is 1. The zero-order valence-electron chi connectivity index (χ0n) is 18.4. The summed E-state index contributed by atoms with van der Waals surface area (Å²) in [6.07, 6.45) is 7.42. The first-order chi connectivity index (χ1) is 17.1. The summed E-state index contributed by atoms with van der Waals surface area (Å²) < 4.78 is 28.5. The number of allylic oxidation sites excluding steroid dienone is 2. The number of nitrogens with zero attached hydrogens (tertiary/aromatic N) is 4. The Labute approximate surface area is 201 Å². The van der Waals surface area contributed by atoms with Crippen molar-refractivity contribution in [3.63, 3.8) is 0 Å². The number of benzene rings is 3. The SMILES string of the molecule is O=S(=O)(c1cccc(N2C=CC=C(c3ccnn3-c3ccccc3)N2)c1)c1nc2ccccc2[nH]1. The van der Waals surface area contributed by atoms with Crippen LogP contribution >= 0.6 is 0 Å². The molecule has 0 radical (unpaired) electrons. The standard InChI is InChI=1S/C26H20N6O2S/c33-35(34,26-28-22-12-4-5-13-23(22)29-26)21-11-6-10-20(18-21)31-17-7-14-24(30-31)25-15-16-27-32(25)19-8-2-1-3-9-19/h1-18,30H,(H,28,29). The van der Waals surface area contributed by atoms with E-state index in [1.54, 1.807) is 41.5 Å². The summed E-state index contributed by atoms with van der Waals surface area (Å²) in [7, 11) is -3.84. The topological polar surface area (TPSA) is 95.9 Å². The van der Waals surface area contributed by atoms with Crippen molar-refractivity contribution < 1.29 is 8.42 Å². The molecular weight excluding hydrogens is 460 g/mol. The molecule has 172 valence electrons. The van der Waals surface area contributed by atoms with Crippen molar-refractivity contribution in [2.75, 3.05) is 5.01 Å². The highest BCUT2D eigenvalue weighted by Gasteiger charge is 2.23. The monoisotopic (exact) mass is 480 g/mol. The number of hydrogen-bond donors (Lipinski definition) is 2. The number of rotatable bonds is 5. The fourth-order valence-electron chi connectivity index (χ4n) is 3.97. The molecule has 0 saturated heterocycles. The normalized spacial score (nSPS) is 13.6. The van der Waals surface area contributed by atoms with Gasteiger partial charge in [0.2, 0.25) is 15.0 Å². The Morgan fingerprint density at radius 2 is 1.63 bits per heavy atom. The highest BCUT2D eigenvalue weighted by molar-refractivity contribution is 7.91. The Bertz CT molecular complexity index is 1670. The highest BCUT2D eigenvalue weighted by Crippen LogP contribution is 2.27. The van der Waals surface area contributed by atoms with Crippen molar-refractivity contribution in [3.05, 3.63) is 115 Å². The van der Waals surface area contributed by atoms with Crippen LogP contribution in [0.5, 0.6) is 0 Å². The molecular formula is C26H20N6O2S. The lowest BCUT2D eigenvalue weighted by molar-refractivity contribution is 0.589. The van der Waals surface area contributed by atoms with Gasteiger partial charge in [0.15, 0.2) is 0 Å². The van der Waals surface area contributed by atoms with Gasteiger partial charge in [-0.3, -0.25) is 10.4 Å². The van der Waals surface area contributed by atoms with Crippen LogP contribution in [0.3, 0.4) is 0 Å². The second-order valence-electron chi connectivity index (χ2n) is 7.93. The third-order valence-corrected chi connectivity index (χ3v) is 7.26. The Hall–Kier alpha value is -4.63. The number of nitrogens with one attached hydrogen (secondary N) is 2. The molecule has 1 aliphatic heterocycles. The van der Waals surface area contributed by atoms with Gasteiger partial charge in [0.25, 0.3) is 0 Å².